The molecule has 3 saturated carbocycles. The molecule has 21 heavy (non-hydrogen) atoms. The first-order chi connectivity index (χ1) is 10.2. The number of amides is 1. The summed E-state index contributed by atoms with van der Waals surface area (Å²) >= 11 is 5.14. The number of rotatable bonds is 2. The number of hydrogen-bond donors (Lipinski definition) is 1. The minimum atomic E-state index is 0.112. The Bertz CT molecular complexity index is 687. The third-order valence-electron chi connectivity index (χ3n) is 5.08. The summed E-state index contributed by atoms with van der Waals surface area (Å²) in [5.74, 6) is 1.66. The number of carbonyl (C=O) groups excluding carboxylic acids is 1. The van der Waals surface area contributed by atoms with Gasteiger partial charge in [0.15, 0.2) is 0 Å². The first-order valence-corrected chi connectivity index (χ1v) is 9.30. The largest absolute Gasteiger partial charge is 0.348 e. The predicted molar refractivity (Wildman–Crippen MR) is 90.8 cm³/mol. The first-order valence-electron chi connectivity index (χ1n) is 7.69. The molecule has 2 aromatic rings. The second kappa shape index (κ2) is 5.40. The molecule has 0 aliphatic heterocycles. The van der Waals surface area contributed by atoms with Gasteiger partial charge in [0.1, 0.15) is 0 Å². The maximum absolute atomic E-state index is 12.6. The molecular weight excluding hydrogens is 346 g/mol. The van der Waals surface area contributed by atoms with E-state index in [0.717, 1.165) is 25.4 Å². The van der Waals surface area contributed by atoms with Gasteiger partial charge in [0, 0.05) is 15.2 Å². The maximum Gasteiger partial charge on any atom is 0.261 e. The Morgan fingerprint density at radius 2 is 2.05 bits per heavy atom. The lowest BCUT2D eigenvalue weighted by Crippen LogP contribution is -2.46. The van der Waals surface area contributed by atoms with Crippen LogP contribution in [0.2, 0.25) is 0 Å². The molecule has 2 nitrogen and oxygen atoms in total. The molecule has 3 aliphatic rings. The van der Waals surface area contributed by atoms with Gasteiger partial charge in [0.25, 0.3) is 5.91 Å². The minimum Gasteiger partial charge on any atom is -0.348 e. The molecule has 1 atom stereocenters. The summed E-state index contributed by atoms with van der Waals surface area (Å²) in [6, 6.07) is 8.53. The quantitative estimate of drug-likeness (QED) is 0.801. The van der Waals surface area contributed by atoms with E-state index in [1.165, 1.54) is 32.1 Å². The predicted octanol–water partition coefficient (Wildman–Crippen LogP) is 4.97. The summed E-state index contributed by atoms with van der Waals surface area (Å²) < 4.78 is 2.23. The number of hydrogen-bond acceptors (Lipinski definition) is 2. The fourth-order valence-corrected chi connectivity index (χ4v) is 5.53. The van der Waals surface area contributed by atoms with Gasteiger partial charge in [0.2, 0.25) is 0 Å². The van der Waals surface area contributed by atoms with Crippen LogP contribution in [0.1, 0.15) is 41.8 Å². The van der Waals surface area contributed by atoms with E-state index in [4.69, 9.17) is 0 Å². The fraction of sp³-hybridized carbons (Fsp3) is 0.471. The second-order valence-electron chi connectivity index (χ2n) is 6.37. The van der Waals surface area contributed by atoms with Crippen LogP contribution in [0.25, 0.3) is 10.1 Å². The Kier molecular flexibility index (Phi) is 3.54. The van der Waals surface area contributed by atoms with Gasteiger partial charge in [-0.1, -0.05) is 25.0 Å². The van der Waals surface area contributed by atoms with Crippen molar-refractivity contribution in [3.8, 4) is 0 Å². The van der Waals surface area contributed by atoms with Gasteiger partial charge >= 0.3 is 0 Å². The van der Waals surface area contributed by atoms with E-state index >= 15 is 0 Å². The van der Waals surface area contributed by atoms with Crippen LogP contribution < -0.4 is 5.32 Å². The van der Waals surface area contributed by atoms with Crippen molar-refractivity contribution in [3.63, 3.8) is 0 Å². The average Bonchev–Trinajstić information content (AvgIpc) is 2.94. The van der Waals surface area contributed by atoms with Crippen LogP contribution in [0.3, 0.4) is 0 Å². The summed E-state index contributed by atoms with van der Waals surface area (Å²) in [4.78, 5) is 13.4. The number of fused-ring (bicyclic) bond motifs is 4. The Balaban J connectivity index is 1.55. The van der Waals surface area contributed by atoms with Crippen molar-refractivity contribution >= 4 is 43.3 Å². The van der Waals surface area contributed by atoms with E-state index in [1.54, 1.807) is 11.3 Å². The molecular formula is C17H18BrNOS. The maximum atomic E-state index is 12.6. The van der Waals surface area contributed by atoms with Gasteiger partial charge in [-0.3, -0.25) is 4.79 Å². The molecule has 0 spiro atoms. The monoisotopic (exact) mass is 363 g/mol. The van der Waals surface area contributed by atoms with Crippen LogP contribution >= 0.6 is 27.3 Å². The topological polar surface area (TPSA) is 29.1 Å². The van der Waals surface area contributed by atoms with Gasteiger partial charge < -0.3 is 5.32 Å². The van der Waals surface area contributed by atoms with Crippen LogP contribution in [-0.2, 0) is 0 Å². The van der Waals surface area contributed by atoms with Crippen LogP contribution in [0.4, 0.5) is 0 Å². The molecule has 1 amide bonds. The van der Waals surface area contributed by atoms with E-state index in [1.807, 2.05) is 18.2 Å². The van der Waals surface area contributed by atoms with Crippen molar-refractivity contribution < 1.29 is 4.79 Å². The Hall–Kier alpha value is -0.870. The van der Waals surface area contributed by atoms with E-state index < -0.39 is 0 Å². The van der Waals surface area contributed by atoms with Crippen molar-refractivity contribution in [2.24, 2.45) is 11.8 Å². The number of nitrogens with one attached hydrogen (secondary N) is 1. The zero-order valence-electron chi connectivity index (χ0n) is 11.8. The highest BCUT2D eigenvalue weighted by atomic mass is 79.9. The molecule has 1 heterocycles. The SMILES string of the molecule is O=C(N[C@@H]1CC2CCC1CC2)c1cc2cccc(Br)c2s1. The van der Waals surface area contributed by atoms with Crippen molar-refractivity contribution in [1.82, 2.24) is 5.32 Å². The molecule has 5 rings (SSSR count). The summed E-state index contributed by atoms with van der Waals surface area (Å²) in [5, 5.41) is 4.45. The summed E-state index contributed by atoms with van der Waals surface area (Å²) in [5.41, 5.74) is 0. The first kappa shape index (κ1) is 13.8. The fourth-order valence-electron chi connectivity index (χ4n) is 3.93. The Morgan fingerprint density at radius 1 is 1.24 bits per heavy atom. The molecule has 4 heteroatoms. The number of carbonyl (C=O) groups is 1. The second-order valence-corrected chi connectivity index (χ2v) is 8.27. The number of thiophene rings is 1. The molecule has 1 aromatic carbocycles. The average molecular weight is 364 g/mol. The van der Waals surface area contributed by atoms with Crippen LogP contribution in [0, 0.1) is 11.8 Å². The molecule has 0 saturated heterocycles. The van der Waals surface area contributed by atoms with Gasteiger partial charge in [-0.15, -0.1) is 11.3 Å². The molecule has 3 aliphatic carbocycles. The highest BCUT2D eigenvalue weighted by Gasteiger charge is 2.36. The van der Waals surface area contributed by atoms with Crippen molar-refractivity contribution in [3.05, 3.63) is 33.6 Å². The Morgan fingerprint density at radius 3 is 2.71 bits per heavy atom. The van der Waals surface area contributed by atoms with Gasteiger partial charge in [0.05, 0.1) is 4.88 Å². The number of halogens is 1. The van der Waals surface area contributed by atoms with Crippen LogP contribution in [0.15, 0.2) is 28.7 Å². The molecule has 3 fully saturated rings. The zero-order chi connectivity index (χ0) is 14.4. The highest BCUT2D eigenvalue weighted by Crippen LogP contribution is 2.41. The van der Waals surface area contributed by atoms with E-state index in [2.05, 4.69) is 27.3 Å². The standard InChI is InChI=1S/C17H18BrNOS/c18-13-3-1-2-12-9-15(21-16(12)13)17(20)19-14-8-10-4-6-11(14)7-5-10/h1-3,9-11,14H,4-8H2,(H,19,20)/t10?,11?,14-/m1/s1. The van der Waals surface area contributed by atoms with E-state index in [9.17, 15) is 4.79 Å². The van der Waals surface area contributed by atoms with Gasteiger partial charge in [-0.25, -0.2) is 0 Å². The molecule has 1 aromatic heterocycles. The lowest BCUT2D eigenvalue weighted by Gasteiger charge is -2.42. The third kappa shape index (κ3) is 2.53. The zero-order valence-corrected chi connectivity index (χ0v) is 14.2. The van der Waals surface area contributed by atoms with Gasteiger partial charge in [-0.05, 0) is 64.5 Å². The van der Waals surface area contributed by atoms with Crippen molar-refractivity contribution in [1.29, 1.82) is 0 Å². The highest BCUT2D eigenvalue weighted by molar-refractivity contribution is 9.10. The normalized spacial score (nSPS) is 28.0. The molecule has 0 unspecified atom stereocenters. The Labute approximate surface area is 137 Å². The van der Waals surface area contributed by atoms with Crippen LogP contribution in [-0.4, -0.2) is 11.9 Å². The summed E-state index contributed by atoms with van der Waals surface area (Å²) in [6.45, 7) is 0. The minimum absolute atomic E-state index is 0.112. The van der Waals surface area contributed by atoms with E-state index in [0.29, 0.717) is 12.0 Å². The van der Waals surface area contributed by atoms with Gasteiger partial charge in [-0.2, -0.15) is 0 Å². The molecule has 110 valence electrons. The summed E-state index contributed by atoms with van der Waals surface area (Å²) in [7, 11) is 0. The van der Waals surface area contributed by atoms with Crippen LogP contribution in [0.5, 0.6) is 0 Å². The smallest absolute Gasteiger partial charge is 0.261 e. The lowest BCUT2D eigenvalue weighted by molar-refractivity contribution is 0.0814. The summed E-state index contributed by atoms with van der Waals surface area (Å²) in [6.07, 6.45) is 6.52. The number of benzene rings is 1. The van der Waals surface area contributed by atoms with Crippen molar-refractivity contribution in [2.45, 2.75) is 38.1 Å². The third-order valence-corrected chi connectivity index (χ3v) is 7.19. The lowest BCUT2D eigenvalue weighted by atomic mass is 9.68. The molecule has 2 bridgehead atoms. The van der Waals surface area contributed by atoms with Crippen molar-refractivity contribution in [2.75, 3.05) is 0 Å². The molecule has 0 radical (unpaired) electrons. The van der Waals surface area contributed by atoms with E-state index in [-0.39, 0.29) is 5.91 Å². The molecule has 1 N–H and O–H groups in total.